The maximum Gasteiger partial charge on any atom is 0.310 e. The third kappa shape index (κ3) is 2.48. The summed E-state index contributed by atoms with van der Waals surface area (Å²) in [7, 11) is 6.97. The van der Waals surface area contributed by atoms with Crippen LogP contribution in [-0.4, -0.2) is 56.9 Å². The Morgan fingerprint density at radius 1 is 1.37 bits per heavy atom. The van der Waals surface area contributed by atoms with Crippen molar-refractivity contribution in [3.63, 3.8) is 0 Å². The van der Waals surface area contributed by atoms with Crippen LogP contribution >= 0.6 is 0 Å². The topological polar surface area (TPSA) is 59.0 Å². The summed E-state index contributed by atoms with van der Waals surface area (Å²) in [6.45, 7) is 1.86. The molecule has 1 aliphatic heterocycles. The molecule has 0 saturated carbocycles. The van der Waals surface area contributed by atoms with Gasteiger partial charge in [0.15, 0.2) is 17.3 Å². The fourth-order valence-corrected chi connectivity index (χ4v) is 1.80. The van der Waals surface area contributed by atoms with Crippen molar-refractivity contribution in [2.24, 2.45) is 0 Å². The Balaban J connectivity index is 2.33. The first-order valence-corrected chi connectivity index (χ1v) is 6.10. The highest BCUT2D eigenvalue weighted by molar-refractivity contribution is 6.32. The van der Waals surface area contributed by atoms with E-state index < -0.39 is 11.3 Å². The molecule has 1 aliphatic rings. The Labute approximate surface area is 114 Å². The number of carbonyl (C=O) groups excluding carboxylic acids is 1. The number of ketones is 1. The standard InChI is InChI=1S/C12H17B2NO4/c1-11(13,15(2)3)10(16)7-4-5-8-9(6-7)19-12(14,17)18-8/h4-6,17H,13-14H2,1-3H3. The molecule has 0 aromatic heterocycles. The molecule has 0 saturated heterocycles. The van der Waals surface area contributed by atoms with Crippen LogP contribution in [0.15, 0.2) is 18.2 Å². The summed E-state index contributed by atoms with van der Waals surface area (Å²) in [5.74, 6) is -0.869. The number of ether oxygens (including phenoxy) is 2. The van der Waals surface area contributed by atoms with E-state index in [4.69, 9.17) is 9.47 Å². The zero-order chi connectivity index (χ0) is 14.4. The van der Waals surface area contributed by atoms with Gasteiger partial charge in [0, 0.05) is 11.0 Å². The lowest BCUT2D eigenvalue weighted by Gasteiger charge is -2.31. The molecule has 2 rings (SSSR count). The third-order valence-electron chi connectivity index (χ3n) is 3.48. The number of nitrogens with zero attached hydrogens (tertiary/aromatic N) is 1. The number of hydrogen-bond acceptors (Lipinski definition) is 5. The van der Waals surface area contributed by atoms with Crippen LogP contribution in [0.5, 0.6) is 11.5 Å². The molecule has 0 aliphatic carbocycles. The first kappa shape index (κ1) is 14.0. The van der Waals surface area contributed by atoms with Crippen LogP contribution in [0.1, 0.15) is 17.3 Å². The third-order valence-corrected chi connectivity index (χ3v) is 3.48. The molecule has 0 spiro atoms. The van der Waals surface area contributed by atoms with Crippen LogP contribution in [0, 0.1) is 0 Å². The van der Waals surface area contributed by atoms with Gasteiger partial charge in [0.25, 0.3) is 7.85 Å². The van der Waals surface area contributed by atoms with Crippen molar-refractivity contribution in [1.29, 1.82) is 0 Å². The SMILES string of the molecule is BC1(O)Oc2ccc(C(=O)C(B)(C)N(C)C)cc2O1. The number of Topliss-reactive ketones (excluding diaryl/α,β-unsaturated/α-hetero) is 1. The van der Waals surface area contributed by atoms with Gasteiger partial charge in [-0.25, -0.2) is 0 Å². The van der Waals surface area contributed by atoms with Gasteiger partial charge < -0.3 is 19.5 Å². The van der Waals surface area contributed by atoms with E-state index in [9.17, 15) is 9.90 Å². The Kier molecular flexibility index (Phi) is 3.15. The van der Waals surface area contributed by atoms with Crippen molar-refractivity contribution in [2.75, 3.05) is 14.1 Å². The monoisotopic (exact) mass is 261 g/mol. The van der Waals surface area contributed by atoms with Gasteiger partial charge in [0.2, 0.25) is 0 Å². The molecule has 0 amide bonds. The average Bonchev–Trinajstić information content (AvgIpc) is 2.60. The fraction of sp³-hybridized carbons (Fsp3) is 0.417. The highest BCUT2D eigenvalue weighted by atomic mass is 16.8. The van der Waals surface area contributed by atoms with Crippen molar-refractivity contribution >= 4 is 21.5 Å². The van der Waals surface area contributed by atoms with Crippen LogP contribution in [-0.2, 0) is 0 Å². The Morgan fingerprint density at radius 2 is 1.95 bits per heavy atom. The van der Waals surface area contributed by atoms with Crippen molar-refractivity contribution in [3.05, 3.63) is 23.8 Å². The minimum Gasteiger partial charge on any atom is -0.435 e. The molecule has 1 N–H and O–H groups in total. The molecule has 1 aromatic rings. The van der Waals surface area contributed by atoms with E-state index >= 15 is 0 Å². The predicted octanol–water partition coefficient (Wildman–Crippen LogP) is -1.21. The van der Waals surface area contributed by atoms with Crippen LogP contribution < -0.4 is 9.47 Å². The molecule has 2 atom stereocenters. The summed E-state index contributed by atoms with van der Waals surface area (Å²) in [6.07, 6.45) is 0. The van der Waals surface area contributed by atoms with Crippen LogP contribution in [0.4, 0.5) is 0 Å². The summed E-state index contributed by atoms with van der Waals surface area (Å²) in [5, 5.41) is 9.66. The van der Waals surface area contributed by atoms with Gasteiger partial charge >= 0.3 is 5.87 Å². The minimum absolute atomic E-state index is 0.0181. The van der Waals surface area contributed by atoms with Gasteiger partial charge in [-0.2, -0.15) is 0 Å². The summed E-state index contributed by atoms with van der Waals surface area (Å²) >= 11 is 0. The first-order valence-electron chi connectivity index (χ1n) is 6.10. The molecule has 5 nitrogen and oxygen atoms in total. The quantitative estimate of drug-likeness (QED) is 0.546. The highest BCUT2D eigenvalue weighted by Gasteiger charge is 2.36. The van der Waals surface area contributed by atoms with Crippen molar-refractivity contribution in [3.8, 4) is 11.5 Å². The van der Waals surface area contributed by atoms with E-state index in [-0.39, 0.29) is 5.78 Å². The maximum absolute atomic E-state index is 12.5. The number of benzene rings is 1. The maximum atomic E-state index is 12.5. The summed E-state index contributed by atoms with van der Waals surface area (Å²) in [6, 6.07) is 4.91. The van der Waals surface area contributed by atoms with Gasteiger partial charge in [0.05, 0.1) is 0 Å². The largest absolute Gasteiger partial charge is 0.435 e. The van der Waals surface area contributed by atoms with Gasteiger partial charge in [-0.3, -0.25) is 4.79 Å². The van der Waals surface area contributed by atoms with Gasteiger partial charge in [-0.15, -0.1) is 0 Å². The first-order chi connectivity index (χ1) is 8.63. The molecule has 0 bridgehead atoms. The van der Waals surface area contributed by atoms with E-state index in [1.54, 1.807) is 18.2 Å². The average molecular weight is 261 g/mol. The molecule has 1 aromatic carbocycles. The Hall–Kier alpha value is -1.46. The predicted molar refractivity (Wildman–Crippen MR) is 76.2 cm³/mol. The second-order valence-corrected chi connectivity index (χ2v) is 5.55. The van der Waals surface area contributed by atoms with Crippen LogP contribution in [0.2, 0.25) is 0 Å². The number of fused-ring (bicyclic) bond motifs is 1. The lowest BCUT2D eigenvalue weighted by molar-refractivity contribution is -0.178. The highest BCUT2D eigenvalue weighted by Crippen LogP contribution is 2.38. The summed E-state index contributed by atoms with van der Waals surface area (Å²) < 4.78 is 10.4. The molecule has 7 heteroatoms. The Morgan fingerprint density at radius 3 is 2.53 bits per heavy atom. The minimum atomic E-state index is -1.67. The smallest absolute Gasteiger partial charge is 0.310 e. The molecule has 0 fully saturated rings. The van der Waals surface area contributed by atoms with E-state index in [1.165, 1.54) is 7.85 Å². The van der Waals surface area contributed by atoms with Crippen molar-refractivity contribution in [2.45, 2.75) is 18.2 Å². The number of hydrogen-bond donors (Lipinski definition) is 1. The van der Waals surface area contributed by atoms with Gasteiger partial charge in [0.1, 0.15) is 7.85 Å². The lowest BCUT2D eigenvalue weighted by atomic mass is 9.73. The molecule has 0 radical (unpaired) electrons. The number of aliphatic hydroxyl groups is 1. The van der Waals surface area contributed by atoms with E-state index in [2.05, 4.69) is 0 Å². The van der Waals surface area contributed by atoms with E-state index in [0.29, 0.717) is 17.1 Å². The van der Waals surface area contributed by atoms with Crippen LogP contribution in [0.3, 0.4) is 0 Å². The van der Waals surface area contributed by atoms with Crippen LogP contribution in [0.25, 0.3) is 0 Å². The lowest BCUT2D eigenvalue weighted by Crippen LogP contribution is -2.49. The zero-order valence-corrected chi connectivity index (χ0v) is 11.9. The Bertz CT molecular complexity index is 528. The normalized spacial score (nSPS) is 24.3. The second kappa shape index (κ2) is 4.28. The second-order valence-electron chi connectivity index (χ2n) is 5.55. The molecular weight excluding hydrogens is 244 g/mol. The summed E-state index contributed by atoms with van der Waals surface area (Å²) in [5.41, 5.74) is -0.0882. The number of rotatable bonds is 3. The van der Waals surface area contributed by atoms with Gasteiger partial charge in [-0.1, -0.05) is 0 Å². The van der Waals surface area contributed by atoms with Crippen molar-refractivity contribution < 1.29 is 19.4 Å². The van der Waals surface area contributed by atoms with E-state index in [1.807, 2.05) is 33.8 Å². The van der Waals surface area contributed by atoms with Crippen molar-refractivity contribution in [1.82, 2.24) is 4.90 Å². The zero-order valence-electron chi connectivity index (χ0n) is 11.9. The van der Waals surface area contributed by atoms with Gasteiger partial charge in [-0.05, 0) is 39.2 Å². The fourth-order valence-electron chi connectivity index (χ4n) is 1.80. The molecule has 2 unspecified atom stereocenters. The number of likely N-dealkylation sites (N-methyl/N-ethyl adjacent to an activating group) is 1. The molecule has 19 heavy (non-hydrogen) atoms. The summed E-state index contributed by atoms with van der Waals surface area (Å²) in [4.78, 5) is 14.3. The number of carbonyl (C=O) groups is 1. The molecule has 100 valence electrons. The van der Waals surface area contributed by atoms with E-state index in [0.717, 1.165) is 0 Å². The molecule has 1 heterocycles. The molecular formula is C12H17B2NO4.